The Morgan fingerprint density at radius 1 is 1.05 bits per heavy atom. The summed E-state index contributed by atoms with van der Waals surface area (Å²) in [5, 5.41) is 0. The maximum atomic E-state index is 13.4. The molecule has 0 aliphatic carbocycles. The monoisotopic (exact) mass is 257 g/mol. The first-order chi connectivity index (χ1) is 9.06. The van der Waals surface area contributed by atoms with E-state index in [0.29, 0.717) is 0 Å². The van der Waals surface area contributed by atoms with Crippen LogP contribution in [0.5, 0.6) is 0 Å². The first-order valence-electron chi connectivity index (χ1n) is 6.64. The molecule has 0 spiro atoms. The van der Waals surface area contributed by atoms with E-state index < -0.39 is 0 Å². The summed E-state index contributed by atoms with van der Waals surface area (Å²) in [6.45, 7) is 4.06. The minimum absolute atomic E-state index is 0.0776. The van der Waals surface area contributed by atoms with Gasteiger partial charge in [-0.2, -0.15) is 0 Å². The number of rotatable bonds is 4. The lowest BCUT2D eigenvalue weighted by Crippen LogP contribution is -2.19. The molecule has 0 fully saturated rings. The van der Waals surface area contributed by atoms with Gasteiger partial charge in [-0.3, -0.25) is 0 Å². The zero-order valence-corrected chi connectivity index (χ0v) is 11.4. The highest BCUT2D eigenvalue weighted by Gasteiger charge is 2.16. The van der Waals surface area contributed by atoms with E-state index >= 15 is 0 Å². The highest BCUT2D eigenvalue weighted by Crippen LogP contribution is 2.29. The van der Waals surface area contributed by atoms with E-state index in [2.05, 4.69) is 25.1 Å². The zero-order chi connectivity index (χ0) is 13.8. The van der Waals surface area contributed by atoms with E-state index in [1.165, 1.54) is 17.2 Å². The maximum absolute atomic E-state index is 13.4. The van der Waals surface area contributed by atoms with Crippen molar-refractivity contribution in [3.63, 3.8) is 0 Å². The summed E-state index contributed by atoms with van der Waals surface area (Å²) >= 11 is 0. The fraction of sp³-hybridized carbons (Fsp3) is 0.294. The SMILES string of the molecule is Cc1cccc(C(CC(C)N)c2cccc(F)c2)c1. The topological polar surface area (TPSA) is 26.0 Å². The van der Waals surface area contributed by atoms with Gasteiger partial charge >= 0.3 is 0 Å². The van der Waals surface area contributed by atoms with Crippen molar-refractivity contribution in [3.8, 4) is 0 Å². The Kier molecular flexibility index (Phi) is 4.33. The molecule has 2 heteroatoms. The number of hydrogen-bond acceptors (Lipinski definition) is 1. The van der Waals surface area contributed by atoms with Gasteiger partial charge in [-0.05, 0) is 43.5 Å². The molecule has 0 saturated heterocycles. The lowest BCUT2D eigenvalue weighted by molar-refractivity contribution is 0.594. The van der Waals surface area contributed by atoms with Crippen molar-refractivity contribution in [2.75, 3.05) is 0 Å². The van der Waals surface area contributed by atoms with Gasteiger partial charge in [-0.1, -0.05) is 42.0 Å². The molecule has 2 N–H and O–H groups in total. The molecule has 2 aromatic rings. The third-order valence-corrected chi connectivity index (χ3v) is 3.30. The number of aryl methyl sites for hydroxylation is 1. The lowest BCUT2D eigenvalue weighted by Gasteiger charge is -2.20. The van der Waals surface area contributed by atoms with Crippen molar-refractivity contribution in [3.05, 3.63) is 71.0 Å². The van der Waals surface area contributed by atoms with Crippen LogP contribution in [0.2, 0.25) is 0 Å². The second kappa shape index (κ2) is 5.98. The van der Waals surface area contributed by atoms with Gasteiger partial charge in [0.1, 0.15) is 5.82 Å². The number of hydrogen-bond donors (Lipinski definition) is 1. The Bertz CT molecular complexity index is 503. The molecule has 2 atom stereocenters. The highest BCUT2D eigenvalue weighted by molar-refractivity contribution is 5.35. The summed E-state index contributed by atoms with van der Waals surface area (Å²) in [6.07, 6.45) is 0.812. The quantitative estimate of drug-likeness (QED) is 0.880. The molecular weight excluding hydrogens is 237 g/mol. The van der Waals surface area contributed by atoms with Crippen LogP contribution in [0, 0.1) is 12.7 Å². The molecule has 19 heavy (non-hydrogen) atoms. The number of halogens is 1. The van der Waals surface area contributed by atoms with Crippen LogP contribution >= 0.6 is 0 Å². The summed E-state index contributed by atoms with van der Waals surface area (Å²) in [7, 11) is 0. The van der Waals surface area contributed by atoms with Crippen LogP contribution in [0.15, 0.2) is 48.5 Å². The maximum Gasteiger partial charge on any atom is 0.123 e. The van der Waals surface area contributed by atoms with Crippen LogP contribution in [0.1, 0.15) is 36.0 Å². The van der Waals surface area contributed by atoms with Crippen LogP contribution in [0.25, 0.3) is 0 Å². The van der Waals surface area contributed by atoms with Crippen molar-refractivity contribution in [1.29, 1.82) is 0 Å². The van der Waals surface area contributed by atoms with E-state index in [9.17, 15) is 4.39 Å². The molecule has 1 nitrogen and oxygen atoms in total. The fourth-order valence-electron chi connectivity index (χ4n) is 2.45. The molecule has 0 aliphatic heterocycles. The molecule has 0 radical (unpaired) electrons. The van der Waals surface area contributed by atoms with Gasteiger partial charge in [-0.25, -0.2) is 4.39 Å². The van der Waals surface area contributed by atoms with Gasteiger partial charge in [0.05, 0.1) is 0 Å². The van der Waals surface area contributed by atoms with Gasteiger partial charge in [0.15, 0.2) is 0 Å². The van der Waals surface area contributed by atoms with Gasteiger partial charge in [0.2, 0.25) is 0 Å². The Balaban J connectivity index is 2.41. The Labute approximate surface area is 114 Å². The second-order valence-corrected chi connectivity index (χ2v) is 5.23. The van der Waals surface area contributed by atoms with Crippen molar-refractivity contribution in [2.24, 2.45) is 5.73 Å². The standard InChI is InChI=1S/C17H20FN/c1-12-5-3-6-14(9-12)17(10-13(2)19)15-7-4-8-16(18)11-15/h3-9,11,13,17H,10,19H2,1-2H3. The minimum Gasteiger partial charge on any atom is -0.328 e. The normalized spacial score (nSPS) is 14.1. The van der Waals surface area contributed by atoms with E-state index in [-0.39, 0.29) is 17.8 Å². The van der Waals surface area contributed by atoms with E-state index in [4.69, 9.17) is 5.73 Å². The van der Waals surface area contributed by atoms with Crippen LogP contribution in [0.3, 0.4) is 0 Å². The summed E-state index contributed by atoms with van der Waals surface area (Å²) in [5.41, 5.74) is 9.35. The van der Waals surface area contributed by atoms with Gasteiger partial charge < -0.3 is 5.73 Å². The summed E-state index contributed by atoms with van der Waals surface area (Å²) < 4.78 is 13.4. The molecule has 2 rings (SSSR count). The van der Waals surface area contributed by atoms with Gasteiger partial charge in [-0.15, -0.1) is 0 Å². The van der Waals surface area contributed by atoms with Gasteiger partial charge in [0.25, 0.3) is 0 Å². The van der Waals surface area contributed by atoms with Crippen molar-refractivity contribution < 1.29 is 4.39 Å². The molecule has 0 saturated carbocycles. The first-order valence-corrected chi connectivity index (χ1v) is 6.64. The van der Waals surface area contributed by atoms with Crippen LogP contribution in [-0.2, 0) is 0 Å². The molecule has 2 unspecified atom stereocenters. The smallest absolute Gasteiger partial charge is 0.123 e. The second-order valence-electron chi connectivity index (χ2n) is 5.23. The summed E-state index contributed by atoms with van der Waals surface area (Å²) in [5.74, 6) is -0.0459. The molecule has 0 heterocycles. The van der Waals surface area contributed by atoms with Crippen molar-refractivity contribution in [1.82, 2.24) is 0 Å². The largest absolute Gasteiger partial charge is 0.328 e. The third kappa shape index (κ3) is 3.65. The number of nitrogens with two attached hydrogens (primary N) is 1. The molecule has 2 aromatic carbocycles. The highest BCUT2D eigenvalue weighted by atomic mass is 19.1. The van der Waals surface area contributed by atoms with Crippen molar-refractivity contribution in [2.45, 2.75) is 32.2 Å². The Hall–Kier alpha value is -1.67. The third-order valence-electron chi connectivity index (χ3n) is 3.30. The van der Waals surface area contributed by atoms with E-state index in [0.717, 1.165) is 12.0 Å². The van der Waals surface area contributed by atoms with E-state index in [1.54, 1.807) is 12.1 Å². The number of benzene rings is 2. The van der Waals surface area contributed by atoms with Crippen LogP contribution in [-0.4, -0.2) is 6.04 Å². The average molecular weight is 257 g/mol. The fourth-order valence-corrected chi connectivity index (χ4v) is 2.45. The zero-order valence-electron chi connectivity index (χ0n) is 11.4. The molecular formula is C17H20FN. The lowest BCUT2D eigenvalue weighted by atomic mass is 9.86. The summed E-state index contributed by atoms with van der Waals surface area (Å²) in [4.78, 5) is 0. The predicted octanol–water partition coefficient (Wildman–Crippen LogP) is 4.00. The first kappa shape index (κ1) is 13.8. The van der Waals surface area contributed by atoms with E-state index in [1.807, 2.05) is 19.1 Å². The van der Waals surface area contributed by atoms with Crippen molar-refractivity contribution >= 4 is 0 Å². The molecule has 0 bridgehead atoms. The van der Waals surface area contributed by atoms with Crippen LogP contribution < -0.4 is 5.73 Å². The van der Waals surface area contributed by atoms with Crippen LogP contribution in [0.4, 0.5) is 4.39 Å². The minimum atomic E-state index is -0.195. The molecule has 0 amide bonds. The molecule has 100 valence electrons. The Morgan fingerprint density at radius 2 is 1.68 bits per heavy atom. The van der Waals surface area contributed by atoms with Gasteiger partial charge in [0, 0.05) is 12.0 Å². The average Bonchev–Trinajstić information content (AvgIpc) is 2.35. The Morgan fingerprint density at radius 3 is 2.26 bits per heavy atom. The molecule has 0 aromatic heterocycles. The summed E-state index contributed by atoms with van der Waals surface area (Å²) in [6, 6.07) is 15.2. The molecule has 0 aliphatic rings. The predicted molar refractivity (Wildman–Crippen MR) is 77.7 cm³/mol.